The van der Waals surface area contributed by atoms with Crippen LogP contribution in [0.4, 0.5) is 0 Å². The first-order valence-electron chi connectivity index (χ1n) is 20.0. The molecule has 1 aromatic carbocycles. The molecule has 0 heterocycles. The zero-order valence-corrected chi connectivity index (χ0v) is 31.1. The molecular formula is C42H74O5. The molecule has 0 amide bonds. The normalized spacial score (nSPS) is 12.6. The molecule has 0 bridgehead atoms. The second-order valence-corrected chi connectivity index (χ2v) is 14.0. The monoisotopic (exact) mass is 659 g/mol. The van der Waals surface area contributed by atoms with E-state index in [2.05, 4.69) is 32.9 Å². The van der Waals surface area contributed by atoms with Gasteiger partial charge in [-0.05, 0) is 43.6 Å². The van der Waals surface area contributed by atoms with Gasteiger partial charge in [0, 0.05) is 25.4 Å². The van der Waals surface area contributed by atoms with Gasteiger partial charge in [0.2, 0.25) is 0 Å². The third-order valence-corrected chi connectivity index (χ3v) is 9.34. The fourth-order valence-corrected chi connectivity index (χ4v) is 6.23. The van der Waals surface area contributed by atoms with Gasteiger partial charge in [0.25, 0.3) is 0 Å². The summed E-state index contributed by atoms with van der Waals surface area (Å²) in [4.78, 5) is 25.6. The van der Waals surface area contributed by atoms with Crippen molar-refractivity contribution < 1.29 is 23.8 Å². The van der Waals surface area contributed by atoms with Crippen molar-refractivity contribution in [1.82, 2.24) is 0 Å². The lowest BCUT2D eigenvalue weighted by Crippen LogP contribution is -2.22. The highest BCUT2D eigenvalue weighted by molar-refractivity contribution is 5.70. The Hall–Kier alpha value is -1.88. The Kier molecular flexibility index (Phi) is 30.0. The smallest absolute Gasteiger partial charge is 0.306 e. The number of esters is 2. The Balaban J connectivity index is 2.50. The molecule has 0 aliphatic heterocycles. The third-order valence-electron chi connectivity index (χ3n) is 9.34. The van der Waals surface area contributed by atoms with E-state index in [0.717, 1.165) is 44.9 Å². The van der Waals surface area contributed by atoms with Crippen LogP contribution in [-0.4, -0.2) is 31.8 Å². The highest BCUT2D eigenvalue weighted by Gasteiger charge is 2.18. The average Bonchev–Trinajstić information content (AvgIpc) is 3.08. The van der Waals surface area contributed by atoms with Crippen molar-refractivity contribution in [1.29, 1.82) is 0 Å². The standard InChI is InChI=1S/C42H74O5/c1-4-7-10-13-15-16-18-24-32-41(43)46-36-40(31-25-26-33-45-35-39-29-22-19-23-30-39)37-47-42(44)34-38(27-20-12-9-6-3)28-21-17-14-11-8-5-2/h19,22-23,29-30,38,40H,4-18,20-21,24-28,31-37H2,1-3H3. The van der Waals surface area contributed by atoms with Crippen LogP contribution < -0.4 is 0 Å². The fraction of sp³-hybridized carbons (Fsp3) is 0.810. The highest BCUT2D eigenvalue weighted by atomic mass is 16.5. The van der Waals surface area contributed by atoms with E-state index in [9.17, 15) is 9.59 Å². The van der Waals surface area contributed by atoms with E-state index in [4.69, 9.17) is 14.2 Å². The van der Waals surface area contributed by atoms with Crippen molar-refractivity contribution in [3.8, 4) is 0 Å². The number of rotatable bonds is 34. The van der Waals surface area contributed by atoms with Gasteiger partial charge in [-0.3, -0.25) is 9.59 Å². The van der Waals surface area contributed by atoms with Crippen molar-refractivity contribution in [2.24, 2.45) is 11.8 Å². The molecule has 0 radical (unpaired) electrons. The highest BCUT2D eigenvalue weighted by Crippen LogP contribution is 2.23. The lowest BCUT2D eigenvalue weighted by Gasteiger charge is -2.20. The number of ether oxygens (including phenoxy) is 3. The summed E-state index contributed by atoms with van der Waals surface area (Å²) in [5.41, 5.74) is 1.18. The predicted molar refractivity (Wildman–Crippen MR) is 197 cm³/mol. The maximum atomic E-state index is 13.0. The van der Waals surface area contributed by atoms with E-state index in [1.54, 1.807) is 0 Å². The van der Waals surface area contributed by atoms with Gasteiger partial charge in [-0.15, -0.1) is 0 Å². The summed E-state index contributed by atoms with van der Waals surface area (Å²) < 4.78 is 17.5. The second kappa shape index (κ2) is 32.7. The van der Waals surface area contributed by atoms with Gasteiger partial charge in [0.05, 0.1) is 19.8 Å². The second-order valence-electron chi connectivity index (χ2n) is 14.0. The Morgan fingerprint density at radius 1 is 0.532 bits per heavy atom. The predicted octanol–water partition coefficient (Wildman–Crippen LogP) is 12.3. The lowest BCUT2D eigenvalue weighted by atomic mass is 9.91. The Morgan fingerprint density at radius 2 is 1.00 bits per heavy atom. The molecule has 5 heteroatoms. The summed E-state index contributed by atoms with van der Waals surface area (Å²) in [7, 11) is 0. The number of hydrogen-bond acceptors (Lipinski definition) is 5. The molecule has 1 aromatic rings. The zero-order chi connectivity index (χ0) is 34.0. The van der Waals surface area contributed by atoms with Crippen molar-refractivity contribution in [3.63, 3.8) is 0 Å². The number of benzene rings is 1. The van der Waals surface area contributed by atoms with Gasteiger partial charge in [-0.1, -0.05) is 167 Å². The molecule has 5 nitrogen and oxygen atoms in total. The van der Waals surface area contributed by atoms with E-state index in [1.165, 1.54) is 108 Å². The molecule has 2 unspecified atom stereocenters. The largest absolute Gasteiger partial charge is 0.465 e. The van der Waals surface area contributed by atoms with Crippen molar-refractivity contribution in [3.05, 3.63) is 35.9 Å². The zero-order valence-electron chi connectivity index (χ0n) is 31.1. The molecule has 1 rings (SSSR count). The molecule has 2 atom stereocenters. The van der Waals surface area contributed by atoms with Gasteiger partial charge >= 0.3 is 11.9 Å². The molecule has 272 valence electrons. The van der Waals surface area contributed by atoms with Gasteiger partial charge < -0.3 is 14.2 Å². The summed E-state index contributed by atoms with van der Waals surface area (Å²) in [6.07, 6.45) is 28.3. The van der Waals surface area contributed by atoms with Crippen LogP contribution in [0.2, 0.25) is 0 Å². The number of hydrogen-bond donors (Lipinski definition) is 0. The van der Waals surface area contributed by atoms with E-state index in [-0.39, 0.29) is 17.9 Å². The molecule has 0 saturated heterocycles. The topological polar surface area (TPSA) is 61.8 Å². The summed E-state index contributed by atoms with van der Waals surface area (Å²) in [6, 6.07) is 10.2. The number of carbonyl (C=O) groups is 2. The fourth-order valence-electron chi connectivity index (χ4n) is 6.23. The van der Waals surface area contributed by atoms with Crippen molar-refractivity contribution in [2.45, 2.75) is 188 Å². The maximum Gasteiger partial charge on any atom is 0.306 e. The summed E-state index contributed by atoms with van der Waals surface area (Å²) in [6.45, 7) is 8.71. The first-order valence-corrected chi connectivity index (χ1v) is 20.0. The van der Waals surface area contributed by atoms with Crippen LogP contribution >= 0.6 is 0 Å². The Labute approximate surface area is 290 Å². The van der Waals surface area contributed by atoms with Crippen LogP contribution in [0, 0.1) is 11.8 Å². The summed E-state index contributed by atoms with van der Waals surface area (Å²) >= 11 is 0. The van der Waals surface area contributed by atoms with Crippen LogP contribution in [0.3, 0.4) is 0 Å². The van der Waals surface area contributed by atoms with E-state index < -0.39 is 0 Å². The van der Waals surface area contributed by atoms with Gasteiger partial charge in [-0.2, -0.15) is 0 Å². The van der Waals surface area contributed by atoms with Crippen LogP contribution in [0.25, 0.3) is 0 Å². The SMILES string of the molecule is CCCCCCCCCCC(=O)OCC(CCCCOCc1ccccc1)COC(=O)CC(CCCCCC)CCCCCCCC. The molecule has 0 fully saturated rings. The molecule has 0 spiro atoms. The minimum absolute atomic E-state index is 0.0251. The molecule has 47 heavy (non-hydrogen) atoms. The number of carbonyl (C=O) groups excluding carboxylic acids is 2. The minimum Gasteiger partial charge on any atom is -0.465 e. The van der Waals surface area contributed by atoms with Gasteiger partial charge in [0.1, 0.15) is 0 Å². The molecule has 0 saturated carbocycles. The Morgan fingerprint density at radius 3 is 1.60 bits per heavy atom. The van der Waals surface area contributed by atoms with Crippen LogP contribution in [-0.2, 0) is 30.4 Å². The molecule has 0 N–H and O–H groups in total. The van der Waals surface area contributed by atoms with Crippen LogP contribution in [0.5, 0.6) is 0 Å². The van der Waals surface area contributed by atoms with E-state index in [1.807, 2.05) is 18.2 Å². The van der Waals surface area contributed by atoms with Crippen LogP contribution in [0.15, 0.2) is 30.3 Å². The first-order chi connectivity index (χ1) is 23.1. The van der Waals surface area contributed by atoms with E-state index >= 15 is 0 Å². The molecule has 0 aromatic heterocycles. The minimum atomic E-state index is -0.121. The Bertz CT molecular complexity index is 826. The van der Waals surface area contributed by atoms with Gasteiger partial charge in [-0.25, -0.2) is 0 Å². The third kappa shape index (κ3) is 27.7. The quantitative estimate of drug-likeness (QED) is 0.0545. The van der Waals surface area contributed by atoms with Gasteiger partial charge in [0.15, 0.2) is 0 Å². The van der Waals surface area contributed by atoms with Crippen molar-refractivity contribution in [2.75, 3.05) is 19.8 Å². The summed E-state index contributed by atoms with van der Waals surface area (Å²) in [5, 5.41) is 0. The number of unbranched alkanes of at least 4 members (excludes halogenated alkanes) is 16. The van der Waals surface area contributed by atoms with Crippen molar-refractivity contribution >= 4 is 11.9 Å². The van der Waals surface area contributed by atoms with Crippen LogP contribution in [0.1, 0.15) is 187 Å². The maximum absolute atomic E-state index is 13.0. The molecule has 0 aliphatic carbocycles. The summed E-state index contributed by atoms with van der Waals surface area (Å²) in [5.74, 6) is 0.231. The lowest BCUT2D eigenvalue weighted by molar-refractivity contribution is -0.150. The first kappa shape index (κ1) is 43.1. The average molecular weight is 659 g/mol. The molecule has 0 aliphatic rings. The molecular weight excluding hydrogens is 584 g/mol. The van der Waals surface area contributed by atoms with E-state index in [0.29, 0.717) is 45.2 Å².